The summed E-state index contributed by atoms with van der Waals surface area (Å²) in [6, 6.07) is 0. The molecule has 2 saturated carbocycles. The van der Waals surface area contributed by atoms with Gasteiger partial charge in [0.15, 0.2) is 0 Å². The number of carbonyl (C=O) groups excluding carboxylic acids is 2. The summed E-state index contributed by atoms with van der Waals surface area (Å²) in [4.78, 5) is 28.2. The van der Waals surface area contributed by atoms with Crippen LogP contribution >= 0.6 is 0 Å². The van der Waals surface area contributed by atoms with E-state index in [1.165, 1.54) is 44.3 Å². The number of carbonyl (C=O) groups is 2. The number of ketones is 1. The maximum Gasteiger partial charge on any atom is 0.330 e. The number of methoxy groups -OCH3 is 1. The van der Waals surface area contributed by atoms with Crippen LogP contribution in [0.3, 0.4) is 0 Å². The average Bonchev–Trinajstić information content (AvgIpc) is 3.35. The number of rotatable bonds is 2. The molecule has 4 aliphatic carbocycles. The van der Waals surface area contributed by atoms with Crippen LogP contribution in [0.1, 0.15) is 65.2 Å². The number of ether oxygens (including phenoxy) is 1. The van der Waals surface area contributed by atoms with Crippen LogP contribution in [-0.2, 0) is 14.3 Å². The van der Waals surface area contributed by atoms with Gasteiger partial charge in [-0.25, -0.2) is 4.79 Å². The predicted molar refractivity (Wildman–Crippen MR) is 116 cm³/mol. The minimum absolute atomic E-state index is 0.0284. The predicted octanol–water partition coefficient (Wildman–Crippen LogP) is 4.82. The number of fused-ring (bicyclic) bond motifs is 5. The standard InChI is InChI=1S/C26H35NO3/c1-25-11-10-19(27-12-4-5-13-27)14-17(25)6-8-20-21-9-7-18(15-23(29)30-3)26(21,2)16-22(28)24(20)25/h6,14-15,20-21,24H,4-5,7-13,16H2,1-3H3/b18-15-. The van der Waals surface area contributed by atoms with Gasteiger partial charge in [-0.15, -0.1) is 0 Å². The van der Waals surface area contributed by atoms with E-state index in [1.807, 2.05) is 0 Å². The molecule has 4 heteroatoms. The molecular formula is C26H35NO3. The third-order valence-corrected chi connectivity index (χ3v) is 9.29. The van der Waals surface area contributed by atoms with Gasteiger partial charge in [0, 0.05) is 42.6 Å². The van der Waals surface area contributed by atoms with Gasteiger partial charge in [-0.2, -0.15) is 0 Å². The molecule has 30 heavy (non-hydrogen) atoms. The number of esters is 1. The Labute approximate surface area is 180 Å². The van der Waals surface area contributed by atoms with Crippen LogP contribution < -0.4 is 0 Å². The van der Waals surface area contributed by atoms with E-state index in [4.69, 9.17) is 4.74 Å². The van der Waals surface area contributed by atoms with Gasteiger partial charge >= 0.3 is 5.97 Å². The second kappa shape index (κ2) is 7.10. The van der Waals surface area contributed by atoms with Gasteiger partial charge in [-0.3, -0.25) is 4.79 Å². The largest absolute Gasteiger partial charge is 0.466 e. The van der Waals surface area contributed by atoms with Crippen molar-refractivity contribution >= 4 is 11.8 Å². The molecule has 5 aliphatic rings. The molecule has 5 unspecified atom stereocenters. The SMILES string of the molecule is COC(=O)/C=C1/CCC2C3CC=C4C=C(N5CCCC5)CCC4(C)C3C(=O)CC12C. The smallest absolute Gasteiger partial charge is 0.330 e. The second-order valence-corrected chi connectivity index (χ2v) is 10.7. The van der Waals surface area contributed by atoms with E-state index in [0.29, 0.717) is 24.0 Å². The van der Waals surface area contributed by atoms with Crippen molar-refractivity contribution in [2.45, 2.75) is 65.2 Å². The van der Waals surface area contributed by atoms with Gasteiger partial charge in [0.05, 0.1) is 7.11 Å². The van der Waals surface area contributed by atoms with E-state index in [9.17, 15) is 9.59 Å². The molecule has 0 aromatic carbocycles. The maximum absolute atomic E-state index is 13.7. The summed E-state index contributed by atoms with van der Waals surface area (Å²) in [5, 5.41) is 0. The molecule has 1 aliphatic heterocycles. The minimum atomic E-state index is -0.286. The van der Waals surface area contributed by atoms with Crippen molar-refractivity contribution in [3.63, 3.8) is 0 Å². The van der Waals surface area contributed by atoms with Gasteiger partial charge in [0.25, 0.3) is 0 Å². The van der Waals surface area contributed by atoms with Crippen molar-refractivity contribution in [3.8, 4) is 0 Å². The second-order valence-electron chi connectivity index (χ2n) is 10.7. The highest BCUT2D eigenvalue weighted by molar-refractivity contribution is 5.87. The highest BCUT2D eigenvalue weighted by Crippen LogP contribution is 2.64. The van der Waals surface area contributed by atoms with E-state index in [2.05, 4.69) is 30.9 Å². The lowest BCUT2D eigenvalue weighted by Crippen LogP contribution is -2.53. The fraction of sp³-hybridized carbons (Fsp3) is 0.692. The quantitative estimate of drug-likeness (QED) is 0.485. The molecule has 162 valence electrons. The molecule has 4 nitrogen and oxygen atoms in total. The minimum Gasteiger partial charge on any atom is -0.466 e. The van der Waals surface area contributed by atoms with E-state index in [0.717, 1.165) is 37.7 Å². The summed E-state index contributed by atoms with van der Waals surface area (Å²) in [5.74, 6) is 1.14. The van der Waals surface area contributed by atoms with E-state index in [1.54, 1.807) is 6.08 Å². The highest BCUT2D eigenvalue weighted by atomic mass is 16.5. The molecule has 0 N–H and O–H groups in total. The Morgan fingerprint density at radius 3 is 2.70 bits per heavy atom. The highest BCUT2D eigenvalue weighted by Gasteiger charge is 2.60. The monoisotopic (exact) mass is 409 g/mol. The summed E-state index contributed by atoms with van der Waals surface area (Å²) in [7, 11) is 1.43. The first-order valence-corrected chi connectivity index (χ1v) is 11.8. The molecule has 5 atom stereocenters. The summed E-state index contributed by atoms with van der Waals surface area (Å²) < 4.78 is 4.89. The van der Waals surface area contributed by atoms with Crippen molar-refractivity contribution in [1.82, 2.24) is 4.90 Å². The number of nitrogens with zero attached hydrogens (tertiary/aromatic N) is 1. The molecule has 0 amide bonds. The number of allylic oxidation sites excluding steroid dienone is 5. The number of hydrogen-bond donors (Lipinski definition) is 0. The molecule has 0 aromatic heterocycles. The normalized spacial score (nSPS) is 41.7. The Balaban J connectivity index is 1.48. The van der Waals surface area contributed by atoms with E-state index < -0.39 is 0 Å². The van der Waals surface area contributed by atoms with Crippen molar-refractivity contribution in [2.75, 3.05) is 20.2 Å². The van der Waals surface area contributed by atoms with Gasteiger partial charge in [0.1, 0.15) is 5.78 Å². The first kappa shape index (κ1) is 20.1. The van der Waals surface area contributed by atoms with E-state index >= 15 is 0 Å². The molecule has 0 spiro atoms. The third-order valence-electron chi connectivity index (χ3n) is 9.29. The van der Waals surface area contributed by atoms with Crippen LogP contribution in [0.25, 0.3) is 0 Å². The number of Topliss-reactive ketones (excluding diaryl/α,β-unsaturated/α-hetero) is 1. The average molecular weight is 410 g/mol. The third kappa shape index (κ3) is 2.85. The van der Waals surface area contributed by atoms with Crippen LogP contribution in [0.4, 0.5) is 0 Å². The molecule has 3 fully saturated rings. The lowest BCUT2D eigenvalue weighted by atomic mass is 9.48. The zero-order valence-corrected chi connectivity index (χ0v) is 18.7. The van der Waals surface area contributed by atoms with Crippen molar-refractivity contribution in [3.05, 3.63) is 35.1 Å². The zero-order valence-electron chi connectivity index (χ0n) is 18.7. The molecule has 5 rings (SSSR count). The first-order chi connectivity index (χ1) is 14.4. The molecule has 1 heterocycles. The van der Waals surface area contributed by atoms with Gasteiger partial charge < -0.3 is 9.64 Å². The number of likely N-dealkylation sites (tertiary alicyclic amines) is 1. The lowest BCUT2D eigenvalue weighted by Gasteiger charge is -2.55. The van der Waals surface area contributed by atoms with Crippen LogP contribution in [0.15, 0.2) is 35.1 Å². The molecular weight excluding hydrogens is 374 g/mol. The maximum atomic E-state index is 13.7. The van der Waals surface area contributed by atoms with Crippen molar-refractivity contribution < 1.29 is 14.3 Å². The van der Waals surface area contributed by atoms with Crippen molar-refractivity contribution in [2.24, 2.45) is 28.6 Å². The van der Waals surface area contributed by atoms with Crippen LogP contribution in [0.2, 0.25) is 0 Å². The fourth-order valence-electron chi connectivity index (χ4n) is 7.69. The topological polar surface area (TPSA) is 46.6 Å². The van der Waals surface area contributed by atoms with E-state index in [-0.39, 0.29) is 22.7 Å². The number of hydrogen-bond acceptors (Lipinski definition) is 4. The Hall–Kier alpha value is -1.84. The van der Waals surface area contributed by atoms with Gasteiger partial charge in [-0.1, -0.05) is 25.5 Å². The Bertz CT molecular complexity index is 862. The first-order valence-electron chi connectivity index (χ1n) is 11.8. The molecule has 0 aromatic rings. The fourth-order valence-corrected chi connectivity index (χ4v) is 7.69. The van der Waals surface area contributed by atoms with Crippen molar-refractivity contribution in [1.29, 1.82) is 0 Å². The van der Waals surface area contributed by atoms with Gasteiger partial charge in [0.2, 0.25) is 0 Å². The summed E-state index contributed by atoms with van der Waals surface area (Å²) in [5.41, 5.74) is 3.83. The van der Waals surface area contributed by atoms with Crippen LogP contribution in [0, 0.1) is 28.6 Å². The van der Waals surface area contributed by atoms with Gasteiger partial charge in [-0.05, 0) is 73.8 Å². The Kier molecular flexibility index (Phi) is 4.75. The summed E-state index contributed by atoms with van der Waals surface area (Å²) in [6.45, 7) is 6.96. The molecule has 1 saturated heterocycles. The molecule has 0 radical (unpaired) electrons. The lowest BCUT2D eigenvalue weighted by molar-refractivity contribution is -0.140. The zero-order chi connectivity index (χ0) is 21.1. The molecule has 0 bridgehead atoms. The summed E-state index contributed by atoms with van der Waals surface area (Å²) >= 11 is 0. The Morgan fingerprint density at radius 2 is 1.97 bits per heavy atom. The summed E-state index contributed by atoms with van der Waals surface area (Å²) in [6.07, 6.45) is 14.9. The van der Waals surface area contributed by atoms with Crippen LogP contribution in [-0.4, -0.2) is 36.9 Å². The Morgan fingerprint density at radius 1 is 1.20 bits per heavy atom. The van der Waals surface area contributed by atoms with Crippen LogP contribution in [0.5, 0.6) is 0 Å².